The molecular weight excluding hydrogens is 444 g/mol. The van der Waals surface area contributed by atoms with Gasteiger partial charge in [-0.25, -0.2) is 17.2 Å². The zero-order valence-corrected chi connectivity index (χ0v) is 19.0. The van der Waals surface area contributed by atoms with E-state index < -0.39 is 32.3 Å². The Hall–Kier alpha value is -1.70. The van der Waals surface area contributed by atoms with E-state index in [1.807, 2.05) is 0 Å². The Balaban J connectivity index is 1.93. The quantitative estimate of drug-likeness (QED) is 0.536. The zero-order chi connectivity index (χ0) is 22.2. The molecule has 1 saturated heterocycles. The molecule has 0 N–H and O–H groups in total. The van der Waals surface area contributed by atoms with Gasteiger partial charge in [-0.05, 0) is 68.8 Å². The van der Waals surface area contributed by atoms with Gasteiger partial charge in [0.25, 0.3) is 0 Å². The van der Waals surface area contributed by atoms with Crippen molar-refractivity contribution in [2.45, 2.75) is 54.7 Å². The van der Waals surface area contributed by atoms with Crippen molar-refractivity contribution < 1.29 is 21.9 Å². The van der Waals surface area contributed by atoms with Crippen LogP contribution in [0.25, 0.3) is 0 Å². The minimum atomic E-state index is -4.10. The average Bonchev–Trinajstić information content (AvgIpc) is 2.76. The maximum atomic E-state index is 15.3. The molecule has 0 amide bonds. The van der Waals surface area contributed by atoms with Crippen LogP contribution in [-0.4, -0.2) is 39.1 Å². The molecule has 0 aliphatic carbocycles. The van der Waals surface area contributed by atoms with Gasteiger partial charge in [0.05, 0.1) is 16.5 Å². The third-order valence-corrected chi connectivity index (χ3v) is 9.28. The summed E-state index contributed by atoms with van der Waals surface area (Å²) in [6, 6.07) is 7.25. The van der Waals surface area contributed by atoms with E-state index in [0.29, 0.717) is 24.5 Å². The number of benzene rings is 2. The molecule has 0 bridgehead atoms. The molecule has 1 fully saturated rings. The lowest BCUT2D eigenvalue weighted by atomic mass is 9.80. The van der Waals surface area contributed by atoms with Gasteiger partial charge in [-0.2, -0.15) is 0 Å². The minimum absolute atomic E-state index is 0.00762. The number of hydrogen-bond donors (Lipinski definition) is 0. The first kappa shape index (κ1) is 22.5. The molecule has 0 radical (unpaired) electrons. The summed E-state index contributed by atoms with van der Waals surface area (Å²) in [5.41, 5.74) is -0.182. The Labute approximate surface area is 187 Å². The SMILES string of the molecule is CCCCCN1CCC[C@]2(S(=O)(=O)c3ccc(Cl)cc3)c3c(F)ccc(F)c3OC[C@H]12. The summed E-state index contributed by atoms with van der Waals surface area (Å²) >= 11 is 5.97. The van der Waals surface area contributed by atoms with Crippen LogP contribution in [0.3, 0.4) is 0 Å². The fraction of sp³-hybridized carbons (Fsp3) is 0.478. The van der Waals surface area contributed by atoms with Crippen molar-refractivity contribution in [2.75, 3.05) is 19.7 Å². The fourth-order valence-corrected chi connectivity index (χ4v) is 7.52. The molecule has 2 atom stereocenters. The van der Waals surface area contributed by atoms with Crippen LogP contribution >= 0.6 is 11.6 Å². The predicted molar refractivity (Wildman–Crippen MR) is 116 cm³/mol. The number of unbranched alkanes of at least 4 members (excludes halogenated alkanes) is 2. The Morgan fingerprint density at radius 1 is 1.13 bits per heavy atom. The zero-order valence-electron chi connectivity index (χ0n) is 17.4. The number of ether oxygens (including phenoxy) is 1. The molecule has 0 spiro atoms. The van der Waals surface area contributed by atoms with Gasteiger partial charge in [-0.15, -0.1) is 0 Å². The normalized spacial score (nSPS) is 23.7. The number of sulfone groups is 1. The van der Waals surface area contributed by atoms with E-state index >= 15 is 4.39 Å². The summed E-state index contributed by atoms with van der Waals surface area (Å²) in [4.78, 5) is 2.13. The second kappa shape index (κ2) is 8.68. The third-order valence-electron chi connectivity index (χ3n) is 6.49. The average molecular weight is 470 g/mol. The minimum Gasteiger partial charge on any atom is -0.488 e. The van der Waals surface area contributed by atoms with E-state index in [0.717, 1.165) is 31.4 Å². The summed E-state index contributed by atoms with van der Waals surface area (Å²) in [6.45, 7) is 3.48. The molecule has 8 heteroatoms. The number of piperidine rings is 1. The number of nitrogens with zero attached hydrogens (tertiary/aromatic N) is 1. The lowest BCUT2D eigenvalue weighted by Gasteiger charge is -2.52. The van der Waals surface area contributed by atoms with Crippen LogP contribution in [0.15, 0.2) is 41.3 Å². The third kappa shape index (κ3) is 3.64. The van der Waals surface area contributed by atoms with Crippen LogP contribution in [0.1, 0.15) is 44.6 Å². The summed E-state index contributed by atoms with van der Waals surface area (Å²) in [5, 5.41) is 0.405. The van der Waals surface area contributed by atoms with E-state index in [-0.39, 0.29) is 29.2 Å². The molecule has 4 nitrogen and oxygen atoms in total. The van der Waals surface area contributed by atoms with Crippen LogP contribution in [-0.2, 0) is 14.6 Å². The molecule has 2 aliphatic rings. The van der Waals surface area contributed by atoms with E-state index in [9.17, 15) is 12.8 Å². The number of likely N-dealkylation sites (tertiary alicyclic amines) is 1. The van der Waals surface area contributed by atoms with Crippen molar-refractivity contribution >= 4 is 21.4 Å². The second-order valence-corrected chi connectivity index (χ2v) is 10.9. The Kier molecular flexibility index (Phi) is 6.30. The first-order valence-electron chi connectivity index (χ1n) is 10.7. The van der Waals surface area contributed by atoms with Crippen LogP contribution in [0.2, 0.25) is 5.02 Å². The topological polar surface area (TPSA) is 46.6 Å². The summed E-state index contributed by atoms with van der Waals surface area (Å²) in [7, 11) is -4.10. The van der Waals surface area contributed by atoms with E-state index in [1.54, 1.807) is 0 Å². The number of hydrogen-bond acceptors (Lipinski definition) is 4. The van der Waals surface area contributed by atoms with Gasteiger partial charge in [-0.3, -0.25) is 4.90 Å². The fourth-order valence-electron chi connectivity index (χ4n) is 5.03. The Morgan fingerprint density at radius 3 is 2.55 bits per heavy atom. The number of rotatable bonds is 6. The molecule has 2 aliphatic heterocycles. The standard InChI is InChI=1S/C23H26ClF2NO3S/c1-2-3-4-13-27-14-5-12-23(31(28,29)17-8-6-16(24)7-9-17)20(27)15-30-22-19(26)11-10-18(25)21(22)23/h6-11,20H,2-5,12-15H2,1H3/t20-,23+/m0/s1. The van der Waals surface area contributed by atoms with Crippen molar-refractivity contribution in [3.63, 3.8) is 0 Å². The molecule has 2 heterocycles. The van der Waals surface area contributed by atoms with Gasteiger partial charge in [0, 0.05) is 5.02 Å². The maximum Gasteiger partial charge on any atom is 0.190 e. The molecule has 168 valence electrons. The van der Waals surface area contributed by atoms with Crippen LogP contribution in [0.4, 0.5) is 8.78 Å². The molecule has 0 saturated carbocycles. The Bertz CT molecular complexity index is 1060. The van der Waals surface area contributed by atoms with Crippen molar-refractivity contribution in [3.8, 4) is 5.75 Å². The van der Waals surface area contributed by atoms with Crippen molar-refractivity contribution in [1.82, 2.24) is 4.90 Å². The molecule has 0 unspecified atom stereocenters. The van der Waals surface area contributed by atoms with Crippen molar-refractivity contribution in [2.24, 2.45) is 0 Å². The van der Waals surface area contributed by atoms with Gasteiger partial charge in [0.15, 0.2) is 21.4 Å². The maximum absolute atomic E-state index is 15.3. The first-order chi connectivity index (χ1) is 14.8. The summed E-state index contributed by atoms with van der Waals surface area (Å²) in [6.07, 6.45) is 3.71. The highest BCUT2D eigenvalue weighted by atomic mass is 35.5. The largest absolute Gasteiger partial charge is 0.488 e. The molecule has 2 aromatic carbocycles. The van der Waals surface area contributed by atoms with Gasteiger partial charge in [0.1, 0.15) is 17.2 Å². The predicted octanol–water partition coefficient (Wildman–Crippen LogP) is 5.33. The van der Waals surface area contributed by atoms with Gasteiger partial charge < -0.3 is 4.74 Å². The van der Waals surface area contributed by atoms with Gasteiger partial charge in [0.2, 0.25) is 0 Å². The summed E-state index contributed by atoms with van der Waals surface area (Å²) in [5.74, 6) is -1.79. The number of halogens is 3. The molecule has 31 heavy (non-hydrogen) atoms. The van der Waals surface area contributed by atoms with E-state index in [4.69, 9.17) is 16.3 Å². The smallest absolute Gasteiger partial charge is 0.190 e. The van der Waals surface area contributed by atoms with Crippen LogP contribution in [0, 0.1) is 11.6 Å². The Morgan fingerprint density at radius 2 is 1.84 bits per heavy atom. The van der Waals surface area contributed by atoms with Crippen LogP contribution < -0.4 is 4.74 Å². The van der Waals surface area contributed by atoms with E-state index in [2.05, 4.69) is 11.8 Å². The highest BCUT2D eigenvalue weighted by molar-refractivity contribution is 7.92. The molecule has 4 rings (SSSR count). The molecular formula is C23H26ClF2NO3S. The first-order valence-corrected chi connectivity index (χ1v) is 12.5. The highest BCUT2D eigenvalue weighted by Crippen LogP contribution is 2.53. The summed E-state index contributed by atoms with van der Waals surface area (Å²) < 4.78 is 62.2. The monoisotopic (exact) mass is 469 g/mol. The van der Waals surface area contributed by atoms with E-state index in [1.165, 1.54) is 24.3 Å². The van der Waals surface area contributed by atoms with Crippen molar-refractivity contribution in [3.05, 3.63) is 58.6 Å². The van der Waals surface area contributed by atoms with Gasteiger partial charge >= 0.3 is 0 Å². The van der Waals surface area contributed by atoms with Crippen LogP contribution in [0.5, 0.6) is 5.75 Å². The molecule has 2 aromatic rings. The second-order valence-electron chi connectivity index (χ2n) is 8.25. The lowest BCUT2D eigenvalue weighted by molar-refractivity contribution is 0.0428. The lowest BCUT2D eigenvalue weighted by Crippen LogP contribution is -2.63. The van der Waals surface area contributed by atoms with Gasteiger partial charge in [-0.1, -0.05) is 31.4 Å². The molecule has 0 aromatic heterocycles. The number of fused-ring (bicyclic) bond motifs is 3. The highest BCUT2D eigenvalue weighted by Gasteiger charge is 2.60. The van der Waals surface area contributed by atoms with Crippen molar-refractivity contribution in [1.29, 1.82) is 0 Å².